The van der Waals surface area contributed by atoms with E-state index in [-0.39, 0.29) is 0 Å². The summed E-state index contributed by atoms with van der Waals surface area (Å²) in [5.41, 5.74) is 2.80. The number of rotatable bonds is 4. The van der Waals surface area contributed by atoms with Crippen molar-refractivity contribution < 1.29 is 0 Å². The number of fused-ring (bicyclic) bond motifs is 1. The van der Waals surface area contributed by atoms with Gasteiger partial charge < -0.3 is 9.80 Å². The van der Waals surface area contributed by atoms with E-state index < -0.39 is 0 Å². The Hall–Kier alpha value is -1.45. The monoisotopic (exact) mass is 312 g/mol. The number of para-hydroxylation sites is 1. The fourth-order valence-electron chi connectivity index (χ4n) is 2.80. The van der Waals surface area contributed by atoms with Crippen LogP contribution in [0.5, 0.6) is 0 Å². The highest BCUT2D eigenvalue weighted by Gasteiger charge is 2.27. The average Bonchev–Trinajstić information content (AvgIpc) is 2.55. The van der Waals surface area contributed by atoms with Gasteiger partial charge in [0.25, 0.3) is 0 Å². The van der Waals surface area contributed by atoms with Crippen molar-refractivity contribution in [1.82, 2.24) is 4.90 Å². The van der Waals surface area contributed by atoms with Gasteiger partial charge >= 0.3 is 0 Å². The highest BCUT2D eigenvalue weighted by Crippen LogP contribution is 2.45. The predicted octanol–water partition coefficient (Wildman–Crippen LogP) is 4.29. The molecule has 22 heavy (non-hydrogen) atoms. The lowest BCUT2D eigenvalue weighted by Crippen LogP contribution is -2.41. The molecule has 0 bridgehead atoms. The molecule has 2 atom stereocenters. The molecular weight excluding hydrogens is 288 g/mol. The van der Waals surface area contributed by atoms with E-state index in [1.807, 2.05) is 11.8 Å². The Labute approximate surface area is 138 Å². The zero-order valence-corrected chi connectivity index (χ0v) is 14.4. The van der Waals surface area contributed by atoms with Gasteiger partial charge in [-0.2, -0.15) is 0 Å². The van der Waals surface area contributed by atoms with Crippen molar-refractivity contribution >= 4 is 17.4 Å². The van der Waals surface area contributed by atoms with Crippen LogP contribution in [0.4, 0.5) is 5.69 Å². The van der Waals surface area contributed by atoms with E-state index >= 15 is 0 Å². The van der Waals surface area contributed by atoms with Crippen LogP contribution in [-0.2, 0) is 0 Å². The van der Waals surface area contributed by atoms with E-state index in [1.54, 1.807) is 0 Å². The van der Waals surface area contributed by atoms with E-state index in [0.717, 1.165) is 13.1 Å². The standard InChI is InChI=1S/C19H24N2S/c1-15(20(2)3)13-21-14-19(16-9-5-4-6-10-16)22-18-12-8-7-11-17(18)21/h4-12,15,19H,13-14H2,1-3H3. The van der Waals surface area contributed by atoms with Crippen LogP contribution in [-0.4, -0.2) is 38.1 Å². The fourth-order valence-corrected chi connectivity index (χ4v) is 4.13. The third-order valence-corrected chi connectivity index (χ3v) is 5.70. The maximum atomic E-state index is 2.55. The molecule has 3 rings (SSSR count). The molecule has 1 heterocycles. The summed E-state index contributed by atoms with van der Waals surface area (Å²) >= 11 is 1.99. The minimum atomic E-state index is 0.505. The van der Waals surface area contributed by atoms with Gasteiger partial charge in [0, 0.05) is 24.0 Å². The molecule has 0 amide bonds. The van der Waals surface area contributed by atoms with Gasteiger partial charge in [-0.05, 0) is 38.7 Å². The summed E-state index contributed by atoms with van der Waals surface area (Å²) in [6.45, 7) is 4.43. The lowest BCUT2D eigenvalue weighted by molar-refractivity contribution is 0.314. The fraction of sp³-hybridized carbons (Fsp3) is 0.368. The molecule has 0 N–H and O–H groups in total. The average molecular weight is 312 g/mol. The Morgan fingerprint density at radius 1 is 1.09 bits per heavy atom. The highest BCUT2D eigenvalue weighted by molar-refractivity contribution is 7.99. The molecule has 0 saturated heterocycles. The quantitative estimate of drug-likeness (QED) is 0.831. The molecule has 1 aliphatic rings. The zero-order chi connectivity index (χ0) is 15.5. The minimum Gasteiger partial charge on any atom is -0.368 e. The number of anilines is 1. The number of hydrogen-bond acceptors (Lipinski definition) is 3. The van der Waals surface area contributed by atoms with Crippen molar-refractivity contribution in [3.63, 3.8) is 0 Å². The van der Waals surface area contributed by atoms with Gasteiger partial charge in [-0.25, -0.2) is 0 Å². The molecule has 0 fully saturated rings. The van der Waals surface area contributed by atoms with Crippen LogP contribution in [0.2, 0.25) is 0 Å². The van der Waals surface area contributed by atoms with Gasteiger partial charge in [0.1, 0.15) is 0 Å². The minimum absolute atomic E-state index is 0.505. The van der Waals surface area contributed by atoms with Crippen LogP contribution in [0.3, 0.4) is 0 Å². The van der Waals surface area contributed by atoms with E-state index in [1.165, 1.54) is 16.1 Å². The highest BCUT2D eigenvalue weighted by atomic mass is 32.2. The van der Waals surface area contributed by atoms with E-state index in [2.05, 4.69) is 85.4 Å². The Morgan fingerprint density at radius 3 is 2.50 bits per heavy atom. The van der Waals surface area contributed by atoms with E-state index in [9.17, 15) is 0 Å². The summed E-state index contributed by atoms with van der Waals surface area (Å²) in [5, 5.41) is 0.505. The second-order valence-electron chi connectivity index (χ2n) is 6.20. The first-order valence-electron chi connectivity index (χ1n) is 7.87. The number of likely N-dealkylation sites (N-methyl/N-ethyl adjacent to an activating group) is 1. The maximum absolute atomic E-state index is 2.55. The van der Waals surface area contributed by atoms with Crippen molar-refractivity contribution in [1.29, 1.82) is 0 Å². The van der Waals surface area contributed by atoms with Crippen molar-refractivity contribution in [2.45, 2.75) is 23.1 Å². The lowest BCUT2D eigenvalue weighted by Gasteiger charge is -2.38. The second-order valence-corrected chi connectivity index (χ2v) is 7.45. The maximum Gasteiger partial charge on any atom is 0.0520 e. The molecule has 0 aromatic heterocycles. The zero-order valence-electron chi connectivity index (χ0n) is 13.6. The largest absolute Gasteiger partial charge is 0.368 e. The van der Waals surface area contributed by atoms with Crippen LogP contribution < -0.4 is 4.90 Å². The Bertz CT molecular complexity index is 612. The summed E-state index contributed by atoms with van der Waals surface area (Å²) in [5.74, 6) is 0. The molecule has 3 heteroatoms. The van der Waals surface area contributed by atoms with Crippen LogP contribution in [0.1, 0.15) is 17.7 Å². The van der Waals surface area contributed by atoms with Crippen LogP contribution in [0.25, 0.3) is 0 Å². The first-order chi connectivity index (χ1) is 10.6. The molecular formula is C19H24N2S. The van der Waals surface area contributed by atoms with Crippen molar-refractivity contribution in [3.8, 4) is 0 Å². The molecule has 2 unspecified atom stereocenters. The summed E-state index contributed by atoms with van der Waals surface area (Å²) in [6, 6.07) is 20.2. The van der Waals surface area contributed by atoms with Gasteiger partial charge in [-0.3, -0.25) is 0 Å². The van der Waals surface area contributed by atoms with E-state index in [0.29, 0.717) is 11.3 Å². The summed E-state index contributed by atoms with van der Waals surface area (Å²) in [6.07, 6.45) is 0. The topological polar surface area (TPSA) is 6.48 Å². The molecule has 1 aliphatic heterocycles. The van der Waals surface area contributed by atoms with Gasteiger partial charge in [-0.15, -0.1) is 11.8 Å². The van der Waals surface area contributed by atoms with Gasteiger partial charge in [0.2, 0.25) is 0 Å². The Balaban J connectivity index is 1.88. The Morgan fingerprint density at radius 2 is 1.77 bits per heavy atom. The SMILES string of the molecule is CC(CN1CC(c2ccccc2)Sc2ccccc21)N(C)C. The lowest BCUT2D eigenvalue weighted by atomic mass is 10.1. The van der Waals surface area contributed by atoms with Crippen molar-refractivity contribution in [2.75, 3.05) is 32.1 Å². The van der Waals surface area contributed by atoms with Crippen molar-refractivity contribution in [2.24, 2.45) is 0 Å². The summed E-state index contributed by atoms with van der Waals surface area (Å²) < 4.78 is 0. The van der Waals surface area contributed by atoms with Gasteiger partial charge in [0.05, 0.1) is 10.9 Å². The number of benzene rings is 2. The smallest absolute Gasteiger partial charge is 0.0520 e. The summed E-state index contributed by atoms with van der Waals surface area (Å²) in [4.78, 5) is 6.24. The Kier molecular flexibility index (Phi) is 4.74. The molecule has 0 spiro atoms. The molecule has 116 valence electrons. The second kappa shape index (κ2) is 6.76. The molecule has 0 radical (unpaired) electrons. The predicted molar refractivity (Wildman–Crippen MR) is 96.8 cm³/mol. The normalized spacial score (nSPS) is 19.1. The van der Waals surface area contributed by atoms with Gasteiger partial charge in [-0.1, -0.05) is 42.5 Å². The first-order valence-corrected chi connectivity index (χ1v) is 8.75. The molecule has 2 nitrogen and oxygen atoms in total. The third-order valence-electron chi connectivity index (χ3n) is 4.40. The van der Waals surface area contributed by atoms with E-state index in [4.69, 9.17) is 0 Å². The molecule has 0 saturated carbocycles. The van der Waals surface area contributed by atoms with Crippen LogP contribution in [0, 0.1) is 0 Å². The third kappa shape index (κ3) is 3.31. The van der Waals surface area contributed by atoms with Crippen molar-refractivity contribution in [3.05, 3.63) is 60.2 Å². The molecule has 0 aliphatic carbocycles. The van der Waals surface area contributed by atoms with Crippen LogP contribution >= 0.6 is 11.8 Å². The first kappa shape index (κ1) is 15.4. The summed E-state index contributed by atoms with van der Waals surface area (Å²) in [7, 11) is 4.31. The van der Waals surface area contributed by atoms with Crippen LogP contribution in [0.15, 0.2) is 59.5 Å². The number of hydrogen-bond donors (Lipinski definition) is 0. The molecule has 2 aromatic rings. The number of thioether (sulfide) groups is 1. The molecule has 2 aromatic carbocycles. The van der Waals surface area contributed by atoms with Gasteiger partial charge in [0.15, 0.2) is 0 Å². The number of nitrogens with zero attached hydrogens (tertiary/aromatic N) is 2.